The molecule has 4 nitrogen and oxygen atoms in total. The van der Waals surface area contributed by atoms with E-state index in [9.17, 15) is 4.79 Å². The predicted octanol–water partition coefficient (Wildman–Crippen LogP) is 0.348. The molecule has 2 heterocycles. The van der Waals surface area contributed by atoms with Crippen molar-refractivity contribution >= 4 is 6.09 Å². The van der Waals surface area contributed by atoms with Gasteiger partial charge in [0.1, 0.15) is 0 Å². The van der Waals surface area contributed by atoms with Gasteiger partial charge in [-0.1, -0.05) is 0 Å². The third-order valence-electron chi connectivity index (χ3n) is 2.92. The second kappa shape index (κ2) is 2.94. The lowest BCUT2D eigenvalue weighted by molar-refractivity contribution is 0.0964. The molecule has 2 aliphatic rings. The Bertz CT molecular complexity index is 195. The molecule has 0 aromatic rings. The molecule has 0 aromatic carbocycles. The molecule has 2 atom stereocenters. The summed E-state index contributed by atoms with van der Waals surface area (Å²) in [4.78, 5) is 12.4. The SMILES string of the molecule is O=C(O)N1CCC[C@H]2CNC[C@H]21. The highest BCUT2D eigenvalue weighted by molar-refractivity contribution is 5.65. The highest BCUT2D eigenvalue weighted by Crippen LogP contribution is 2.25. The van der Waals surface area contributed by atoms with Crippen LogP contribution in [0.15, 0.2) is 0 Å². The Morgan fingerprint density at radius 3 is 3.08 bits per heavy atom. The number of nitrogens with one attached hydrogen (secondary N) is 1. The molecule has 0 saturated carbocycles. The lowest BCUT2D eigenvalue weighted by Gasteiger charge is -2.34. The van der Waals surface area contributed by atoms with E-state index in [4.69, 9.17) is 5.11 Å². The first kappa shape index (κ1) is 7.86. The average molecular weight is 170 g/mol. The molecule has 0 bridgehead atoms. The van der Waals surface area contributed by atoms with Crippen LogP contribution in [0.2, 0.25) is 0 Å². The van der Waals surface area contributed by atoms with Crippen molar-refractivity contribution in [1.29, 1.82) is 0 Å². The van der Waals surface area contributed by atoms with Gasteiger partial charge in [-0.05, 0) is 18.8 Å². The van der Waals surface area contributed by atoms with E-state index in [1.807, 2.05) is 0 Å². The molecule has 12 heavy (non-hydrogen) atoms. The summed E-state index contributed by atoms with van der Waals surface area (Å²) in [6, 6.07) is 0.247. The third kappa shape index (κ3) is 1.16. The molecule has 68 valence electrons. The second-order valence-electron chi connectivity index (χ2n) is 3.60. The fraction of sp³-hybridized carbons (Fsp3) is 0.875. The van der Waals surface area contributed by atoms with E-state index in [0.29, 0.717) is 5.92 Å². The van der Waals surface area contributed by atoms with Gasteiger partial charge in [-0.3, -0.25) is 0 Å². The predicted molar refractivity (Wildman–Crippen MR) is 44.1 cm³/mol. The van der Waals surface area contributed by atoms with E-state index in [-0.39, 0.29) is 6.04 Å². The highest BCUT2D eigenvalue weighted by Gasteiger charge is 2.37. The number of hydrogen-bond donors (Lipinski definition) is 2. The first-order valence-corrected chi connectivity index (χ1v) is 4.49. The number of rotatable bonds is 0. The van der Waals surface area contributed by atoms with Crippen LogP contribution in [0.4, 0.5) is 4.79 Å². The van der Waals surface area contributed by atoms with Gasteiger partial charge in [0.05, 0.1) is 6.04 Å². The Hall–Kier alpha value is -0.770. The highest BCUT2D eigenvalue weighted by atomic mass is 16.4. The van der Waals surface area contributed by atoms with Crippen LogP contribution in [-0.2, 0) is 0 Å². The van der Waals surface area contributed by atoms with Crippen molar-refractivity contribution in [3.63, 3.8) is 0 Å². The molecule has 0 unspecified atom stereocenters. The first-order valence-electron chi connectivity index (χ1n) is 4.49. The number of carbonyl (C=O) groups is 1. The second-order valence-corrected chi connectivity index (χ2v) is 3.60. The molecular formula is C8H14N2O2. The molecule has 4 heteroatoms. The van der Waals surface area contributed by atoms with Gasteiger partial charge < -0.3 is 15.3 Å². The molecule has 0 spiro atoms. The van der Waals surface area contributed by atoms with E-state index in [2.05, 4.69) is 5.32 Å². The zero-order chi connectivity index (χ0) is 8.55. The molecule has 2 aliphatic heterocycles. The van der Waals surface area contributed by atoms with E-state index in [1.165, 1.54) is 6.42 Å². The van der Waals surface area contributed by atoms with Crippen molar-refractivity contribution in [2.24, 2.45) is 5.92 Å². The molecule has 0 radical (unpaired) electrons. The number of carboxylic acid groups (broad SMARTS) is 1. The number of likely N-dealkylation sites (tertiary alicyclic amines) is 1. The number of fused-ring (bicyclic) bond motifs is 1. The molecule has 0 aromatic heterocycles. The van der Waals surface area contributed by atoms with Gasteiger partial charge in [-0.25, -0.2) is 4.79 Å². The Morgan fingerprint density at radius 2 is 2.33 bits per heavy atom. The molecule has 2 N–H and O–H groups in total. The molecule has 2 saturated heterocycles. The van der Waals surface area contributed by atoms with Crippen molar-refractivity contribution in [2.75, 3.05) is 19.6 Å². The summed E-state index contributed by atoms with van der Waals surface area (Å²) in [6.07, 6.45) is 1.45. The lowest BCUT2D eigenvalue weighted by Crippen LogP contribution is -2.47. The van der Waals surface area contributed by atoms with Crippen LogP contribution in [0.25, 0.3) is 0 Å². The van der Waals surface area contributed by atoms with Gasteiger partial charge in [0.15, 0.2) is 0 Å². The summed E-state index contributed by atoms with van der Waals surface area (Å²) < 4.78 is 0. The first-order chi connectivity index (χ1) is 5.79. The van der Waals surface area contributed by atoms with E-state index >= 15 is 0 Å². The standard InChI is InChI=1S/C8H14N2O2/c11-8(12)10-3-1-2-6-4-9-5-7(6)10/h6-7,9H,1-5H2,(H,11,12)/t6-,7+/m0/s1. The van der Waals surface area contributed by atoms with Crippen LogP contribution < -0.4 is 5.32 Å². The monoisotopic (exact) mass is 170 g/mol. The summed E-state index contributed by atoms with van der Waals surface area (Å²) in [5.41, 5.74) is 0. The number of piperidine rings is 1. The zero-order valence-electron chi connectivity index (χ0n) is 6.99. The van der Waals surface area contributed by atoms with E-state index in [0.717, 1.165) is 26.1 Å². The van der Waals surface area contributed by atoms with Crippen molar-refractivity contribution < 1.29 is 9.90 Å². The Balaban J connectivity index is 2.08. The normalized spacial score (nSPS) is 34.8. The largest absolute Gasteiger partial charge is 0.465 e. The topological polar surface area (TPSA) is 52.6 Å². The minimum atomic E-state index is -0.756. The van der Waals surface area contributed by atoms with Crippen molar-refractivity contribution in [3.8, 4) is 0 Å². The van der Waals surface area contributed by atoms with Crippen LogP contribution in [0.3, 0.4) is 0 Å². The molecular weight excluding hydrogens is 156 g/mol. The average Bonchev–Trinajstić information content (AvgIpc) is 2.49. The van der Waals surface area contributed by atoms with Gasteiger partial charge in [0.2, 0.25) is 0 Å². The Labute approximate surface area is 71.5 Å². The van der Waals surface area contributed by atoms with Gasteiger partial charge >= 0.3 is 6.09 Å². The van der Waals surface area contributed by atoms with Gasteiger partial charge in [0.25, 0.3) is 0 Å². The summed E-state index contributed by atoms with van der Waals surface area (Å²) in [5.74, 6) is 0.565. The fourth-order valence-corrected chi connectivity index (χ4v) is 2.31. The van der Waals surface area contributed by atoms with Crippen LogP contribution in [0.5, 0.6) is 0 Å². The summed E-state index contributed by atoms with van der Waals surface area (Å²) >= 11 is 0. The maximum Gasteiger partial charge on any atom is 0.407 e. The quantitative estimate of drug-likeness (QED) is 0.551. The van der Waals surface area contributed by atoms with Crippen molar-refractivity contribution in [1.82, 2.24) is 10.2 Å². The minimum absolute atomic E-state index is 0.247. The maximum absolute atomic E-state index is 10.8. The zero-order valence-corrected chi connectivity index (χ0v) is 6.99. The molecule has 2 fully saturated rings. The summed E-state index contributed by atoms with van der Waals surface area (Å²) in [5, 5.41) is 12.1. The molecule has 0 aliphatic carbocycles. The maximum atomic E-state index is 10.8. The van der Waals surface area contributed by atoms with Crippen LogP contribution in [0.1, 0.15) is 12.8 Å². The van der Waals surface area contributed by atoms with E-state index in [1.54, 1.807) is 4.90 Å². The Kier molecular flexibility index (Phi) is 1.92. The third-order valence-corrected chi connectivity index (χ3v) is 2.92. The van der Waals surface area contributed by atoms with Crippen molar-refractivity contribution in [3.05, 3.63) is 0 Å². The van der Waals surface area contributed by atoms with E-state index < -0.39 is 6.09 Å². The summed E-state index contributed by atoms with van der Waals surface area (Å²) in [6.45, 7) is 2.56. The number of nitrogens with zero attached hydrogens (tertiary/aromatic N) is 1. The lowest BCUT2D eigenvalue weighted by atomic mass is 9.92. The number of hydrogen-bond acceptors (Lipinski definition) is 2. The fourth-order valence-electron chi connectivity index (χ4n) is 2.31. The molecule has 2 rings (SSSR count). The van der Waals surface area contributed by atoms with Gasteiger partial charge in [-0.15, -0.1) is 0 Å². The minimum Gasteiger partial charge on any atom is -0.465 e. The Morgan fingerprint density at radius 1 is 1.50 bits per heavy atom. The van der Waals surface area contributed by atoms with Gasteiger partial charge in [-0.2, -0.15) is 0 Å². The van der Waals surface area contributed by atoms with Gasteiger partial charge in [0, 0.05) is 19.6 Å². The van der Waals surface area contributed by atoms with Crippen LogP contribution >= 0.6 is 0 Å². The smallest absolute Gasteiger partial charge is 0.407 e. The van der Waals surface area contributed by atoms with Crippen LogP contribution in [-0.4, -0.2) is 41.8 Å². The number of amides is 1. The van der Waals surface area contributed by atoms with Crippen molar-refractivity contribution in [2.45, 2.75) is 18.9 Å². The van der Waals surface area contributed by atoms with Crippen LogP contribution in [0, 0.1) is 5.92 Å². The summed E-state index contributed by atoms with van der Waals surface area (Å²) in [7, 11) is 0. The molecule has 1 amide bonds.